The van der Waals surface area contributed by atoms with E-state index in [1.165, 1.54) is 0 Å². The summed E-state index contributed by atoms with van der Waals surface area (Å²) in [7, 11) is 0. The van der Waals surface area contributed by atoms with Crippen LogP contribution in [0.1, 0.15) is 27.7 Å². The highest BCUT2D eigenvalue weighted by Crippen LogP contribution is 2.29. The minimum Gasteiger partial charge on any atom is -0.389 e. The third-order valence-corrected chi connectivity index (χ3v) is 3.27. The van der Waals surface area contributed by atoms with Crippen LogP contribution in [0.4, 0.5) is 0 Å². The summed E-state index contributed by atoms with van der Waals surface area (Å²) in [5, 5.41) is 10.2. The zero-order chi connectivity index (χ0) is 13.6. The number of aliphatic hydroxyl groups excluding tert-OH is 1. The molecule has 0 aromatic heterocycles. The lowest BCUT2D eigenvalue weighted by atomic mass is 10.0. The lowest BCUT2D eigenvalue weighted by Gasteiger charge is -2.28. The molecular weight excluding hydrogens is 238 g/mol. The van der Waals surface area contributed by atoms with Gasteiger partial charge < -0.3 is 29.8 Å². The van der Waals surface area contributed by atoms with Gasteiger partial charge >= 0.3 is 0 Å². The van der Waals surface area contributed by atoms with Crippen LogP contribution in [-0.2, 0) is 18.9 Å². The molecule has 2 saturated heterocycles. The van der Waals surface area contributed by atoms with Crippen LogP contribution in [0.2, 0.25) is 0 Å². The van der Waals surface area contributed by atoms with Crippen LogP contribution < -0.4 is 5.73 Å². The second kappa shape index (κ2) is 4.70. The van der Waals surface area contributed by atoms with Crippen LogP contribution >= 0.6 is 0 Å². The van der Waals surface area contributed by atoms with Gasteiger partial charge in [0.15, 0.2) is 11.6 Å². The lowest BCUT2D eigenvalue weighted by Crippen LogP contribution is -2.52. The Kier molecular flexibility index (Phi) is 3.70. The summed E-state index contributed by atoms with van der Waals surface area (Å²) in [5.41, 5.74) is 6.02. The molecule has 0 saturated carbocycles. The Labute approximate surface area is 107 Å². The Morgan fingerprint density at radius 3 is 1.83 bits per heavy atom. The molecule has 3 N–H and O–H groups in total. The van der Waals surface area contributed by atoms with E-state index in [2.05, 4.69) is 0 Å². The Bertz CT molecular complexity index is 277. The number of aliphatic hydroxyl groups is 1. The maximum atomic E-state index is 10.2. The molecule has 0 amide bonds. The van der Waals surface area contributed by atoms with Crippen molar-refractivity contribution in [3.8, 4) is 0 Å². The van der Waals surface area contributed by atoms with Crippen LogP contribution in [0.15, 0.2) is 0 Å². The van der Waals surface area contributed by atoms with Crippen molar-refractivity contribution in [3.05, 3.63) is 0 Å². The summed E-state index contributed by atoms with van der Waals surface area (Å²) in [4.78, 5) is 0. The first-order valence-corrected chi connectivity index (χ1v) is 6.27. The first kappa shape index (κ1) is 14.2. The summed E-state index contributed by atoms with van der Waals surface area (Å²) >= 11 is 0. The molecule has 4 atom stereocenters. The SMILES string of the molecule is CC1(C)OC[C@H]([C@H](N)[C@H](O)[C@H]2COC(C)(C)O2)O1. The molecular formula is C12H23NO5. The Morgan fingerprint density at radius 1 is 1.00 bits per heavy atom. The molecule has 0 spiro atoms. The van der Waals surface area contributed by atoms with Gasteiger partial charge in [0.25, 0.3) is 0 Å². The number of hydrogen-bond donors (Lipinski definition) is 2. The standard InChI is InChI=1S/C12H23NO5/c1-11(2)15-5-7(17-11)9(13)10(14)8-6-16-12(3,4)18-8/h7-10,14H,5-6,13H2,1-4H3/t7-,8-,9+,10-/m1/s1. The fourth-order valence-corrected chi connectivity index (χ4v) is 2.26. The molecule has 0 radical (unpaired) electrons. The van der Waals surface area contributed by atoms with Gasteiger partial charge in [-0.1, -0.05) is 0 Å². The molecule has 0 aromatic rings. The molecule has 18 heavy (non-hydrogen) atoms. The fourth-order valence-electron chi connectivity index (χ4n) is 2.26. The molecule has 0 aliphatic carbocycles. The summed E-state index contributed by atoms with van der Waals surface area (Å²) < 4.78 is 22.1. The minimum absolute atomic E-state index is 0.331. The highest BCUT2D eigenvalue weighted by Gasteiger charge is 2.44. The molecule has 2 aliphatic rings. The van der Waals surface area contributed by atoms with E-state index in [1.54, 1.807) is 0 Å². The first-order chi connectivity index (χ1) is 8.20. The first-order valence-electron chi connectivity index (χ1n) is 6.27. The van der Waals surface area contributed by atoms with E-state index in [9.17, 15) is 5.11 Å². The Morgan fingerprint density at radius 2 is 1.44 bits per heavy atom. The quantitative estimate of drug-likeness (QED) is 0.743. The molecule has 106 valence electrons. The summed E-state index contributed by atoms with van der Waals surface area (Å²) in [6.45, 7) is 7.98. The van der Waals surface area contributed by atoms with E-state index in [-0.39, 0.29) is 6.10 Å². The molecule has 0 aromatic carbocycles. The largest absolute Gasteiger partial charge is 0.389 e. The number of rotatable bonds is 3. The zero-order valence-electron chi connectivity index (χ0n) is 11.4. The third-order valence-electron chi connectivity index (χ3n) is 3.27. The van der Waals surface area contributed by atoms with E-state index in [0.29, 0.717) is 13.2 Å². The van der Waals surface area contributed by atoms with Crippen LogP contribution in [-0.4, -0.2) is 54.2 Å². The minimum atomic E-state index is -0.839. The van der Waals surface area contributed by atoms with Crippen LogP contribution in [0.3, 0.4) is 0 Å². The van der Waals surface area contributed by atoms with Gasteiger partial charge in [0.1, 0.15) is 18.3 Å². The van der Waals surface area contributed by atoms with Gasteiger partial charge in [0.2, 0.25) is 0 Å². The normalized spacial score (nSPS) is 37.7. The van der Waals surface area contributed by atoms with Crippen LogP contribution in [0.5, 0.6) is 0 Å². The topological polar surface area (TPSA) is 83.2 Å². The summed E-state index contributed by atoms with van der Waals surface area (Å²) in [5.74, 6) is -1.31. The Hall–Kier alpha value is -0.240. The maximum absolute atomic E-state index is 10.2. The van der Waals surface area contributed by atoms with Crippen molar-refractivity contribution in [3.63, 3.8) is 0 Å². The number of nitrogens with two attached hydrogens (primary N) is 1. The lowest BCUT2D eigenvalue weighted by molar-refractivity contribution is -0.163. The van der Waals surface area contributed by atoms with Crippen LogP contribution in [0, 0.1) is 0 Å². The average molecular weight is 261 g/mol. The molecule has 6 nitrogen and oxygen atoms in total. The average Bonchev–Trinajstić information content (AvgIpc) is 2.79. The van der Waals surface area contributed by atoms with E-state index in [4.69, 9.17) is 24.7 Å². The van der Waals surface area contributed by atoms with Crippen LogP contribution in [0.25, 0.3) is 0 Å². The van der Waals surface area contributed by atoms with Gasteiger partial charge in [0, 0.05) is 0 Å². The Balaban J connectivity index is 1.92. The van der Waals surface area contributed by atoms with E-state index >= 15 is 0 Å². The highest BCUT2D eigenvalue weighted by atomic mass is 16.8. The van der Waals surface area contributed by atoms with E-state index in [0.717, 1.165) is 0 Å². The second-order valence-corrected chi connectivity index (χ2v) is 5.80. The van der Waals surface area contributed by atoms with Crippen molar-refractivity contribution in [1.29, 1.82) is 0 Å². The molecule has 0 bridgehead atoms. The van der Waals surface area contributed by atoms with Crippen molar-refractivity contribution >= 4 is 0 Å². The number of hydrogen-bond acceptors (Lipinski definition) is 6. The van der Waals surface area contributed by atoms with Crippen molar-refractivity contribution < 1.29 is 24.1 Å². The third kappa shape index (κ3) is 3.01. The molecule has 6 heteroatoms. The molecule has 2 aliphatic heterocycles. The van der Waals surface area contributed by atoms with Crippen molar-refractivity contribution in [2.75, 3.05) is 13.2 Å². The van der Waals surface area contributed by atoms with Gasteiger partial charge in [-0.3, -0.25) is 0 Å². The summed E-state index contributed by atoms with van der Waals surface area (Å²) in [6.07, 6.45) is -1.60. The van der Waals surface area contributed by atoms with Crippen molar-refractivity contribution in [1.82, 2.24) is 0 Å². The van der Waals surface area contributed by atoms with E-state index < -0.39 is 29.8 Å². The fraction of sp³-hybridized carbons (Fsp3) is 1.00. The molecule has 2 fully saturated rings. The molecule has 0 unspecified atom stereocenters. The zero-order valence-corrected chi connectivity index (χ0v) is 11.4. The van der Waals surface area contributed by atoms with Crippen molar-refractivity contribution in [2.45, 2.75) is 63.6 Å². The predicted molar refractivity (Wildman–Crippen MR) is 63.8 cm³/mol. The maximum Gasteiger partial charge on any atom is 0.163 e. The van der Waals surface area contributed by atoms with Gasteiger partial charge in [-0.25, -0.2) is 0 Å². The summed E-state index contributed by atoms with van der Waals surface area (Å²) in [6, 6.07) is -0.561. The molecule has 2 rings (SSSR count). The van der Waals surface area contributed by atoms with Gasteiger partial charge in [-0.15, -0.1) is 0 Å². The van der Waals surface area contributed by atoms with Gasteiger partial charge in [-0.2, -0.15) is 0 Å². The smallest absolute Gasteiger partial charge is 0.163 e. The predicted octanol–water partition coefficient (Wildman–Crippen LogP) is -0.0224. The van der Waals surface area contributed by atoms with Gasteiger partial charge in [-0.05, 0) is 27.7 Å². The van der Waals surface area contributed by atoms with Crippen molar-refractivity contribution in [2.24, 2.45) is 5.73 Å². The van der Waals surface area contributed by atoms with E-state index in [1.807, 2.05) is 27.7 Å². The second-order valence-electron chi connectivity index (χ2n) is 5.80. The van der Waals surface area contributed by atoms with Gasteiger partial charge in [0.05, 0.1) is 19.3 Å². The number of ether oxygens (including phenoxy) is 4. The highest BCUT2D eigenvalue weighted by molar-refractivity contribution is 4.91. The molecule has 2 heterocycles. The monoisotopic (exact) mass is 261 g/mol.